The van der Waals surface area contributed by atoms with Crippen molar-refractivity contribution in [3.63, 3.8) is 0 Å². The number of carbonyl (C=O) groups is 3. The third-order valence-electron chi connectivity index (χ3n) is 4.66. The predicted octanol–water partition coefficient (Wildman–Crippen LogP) is 5.18. The standard InChI is InChI=1S/C23H20Cl2N2O6S2/c1-3-16(22(30)31)33-17-8-5-12(9-18(17)32-4-2)10-19-21(29)27(23(34)35-19)26-20(28)14-7-6-13(24)11-15(14)25/h5-11,16H,3-4H2,1-2H3,(H,26,28)(H,30,31)/b19-10+. The average Bonchev–Trinajstić information content (AvgIpc) is 3.05. The monoisotopic (exact) mass is 554 g/mol. The van der Waals surface area contributed by atoms with Gasteiger partial charge in [-0.2, -0.15) is 5.01 Å². The van der Waals surface area contributed by atoms with Gasteiger partial charge in [0.25, 0.3) is 11.8 Å². The number of hydrogen-bond acceptors (Lipinski definition) is 7. The zero-order chi connectivity index (χ0) is 25.7. The molecule has 2 N–H and O–H groups in total. The van der Waals surface area contributed by atoms with Crippen molar-refractivity contribution < 1.29 is 29.0 Å². The highest BCUT2D eigenvalue weighted by molar-refractivity contribution is 8.26. The van der Waals surface area contributed by atoms with E-state index in [9.17, 15) is 19.5 Å². The lowest BCUT2D eigenvalue weighted by Crippen LogP contribution is -2.44. The predicted molar refractivity (Wildman–Crippen MR) is 139 cm³/mol. The molecule has 35 heavy (non-hydrogen) atoms. The molecular weight excluding hydrogens is 535 g/mol. The normalized spacial score (nSPS) is 15.3. The van der Waals surface area contributed by atoms with Crippen LogP contribution in [0.2, 0.25) is 10.0 Å². The second kappa shape index (κ2) is 11.8. The second-order valence-corrected chi connectivity index (χ2v) is 9.59. The van der Waals surface area contributed by atoms with E-state index in [4.69, 9.17) is 44.9 Å². The number of amides is 2. The minimum Gasteiger partial charge on any atom is -0.490 e. The Morgan fingerprint density at radius 3 is 2.57 bits per heavy atom. The van der Waals surface area contributed by atoms with Crippen molar-refractivity contribution in [3.05, 3.63) is 62.5 Å². The van der Waals surface area contributed by atoms with E-state index in [-0.39, 0.29) is 32.0 Å². The summed E-state index contributed by atoms with van der Waals surface area (Å²) in [6, 6.07) is 9.24. The first-order chi connectivity index (χ1) is 16.6. The molecule has 0 aliphatic carbocycles. The number of carboxylic acid groups (broad SMARTS) is 1. The molecule has 1 heterocycles. The van der Waals surface area contributed by atoms with Crippen LogP contribution in [0.4, 0.5) is 0 Å². The first-order valence-corrected chi connectivity index (χ1v) is 12.3. The second-order valence-electron chi connectivity index (χ2n) is 7.07. The topological polar surface area (TPSA) is 105 Å². The van der Waals surface area contributed by atoms with Crippen molar-refractivity contribution in [1.29, 1.82) is 0 Å². The van der Waals surface area contributed by atoms with E-state index in [1.165, 1.54) is 18.2 Å². The van der Waals surface area contributed by atoms with Crippen LogP contribution in [0.15, 0.2) is 41.3 Å². The molecule has 2 amide bonds. The first kappa shape index (κ1) is 26.8. The summed E-state index contributed by atoms with van der Waals surface area (Å²) in [4.78, 5) is 37.1. The number of benzene rings is 2. The number of nitrogens with zero attached hydrogens (tertiary/aromatic N) is 1. The molecule has 1 aliphatic heterocycles. The SMILES string of the molecule is CCOc1cc(/C=C2/SC(=S)N(NC(=O)c3ccc(Cl)cc3Cl)C2=O)ccc1OC(CC)C(=O)O. The van der Waals surface area contributed by atoms with Crippen LogP contribution in [0.1, 0.15) is 36.2 Å². The van der Waals surface area contributed by atoms with Crippen molar-refractivity contribution in [2.24, 2.45) is 0 Å². The fourth-order valence-corrected chi connectivity index (χ4v) is 4.67. The van der Waals surface area contributed by atoms with Gasteiger partial charge < -0.3 is 14.6 Å². The maximum absolute atomic E-state index is 12.9. The van der Waals surface area contributed by atoms with Crippen LogP contribution in [0.25, 0.3) is 6.08 Å². The van der Waals surface area contributed by atoms with Crippen molar-refractivity contribution in [1.82, 2.24) is 10.4 Å². The van der Waals surface area contributed by atoms with Crippen LogP contribution in [0, 0.1) is 0 Å². The third kappa shape index (κ3) is 6.46. The molecule has 1 fully saturated rings. The van der Waals surface area contributed by atoms with Gasteiger partial charge in [0.15, 0.2) is 21.9 Å². The minimum atomic E-state index is -1.08. The highest BCUT2D eigenvalue weighted by atomic mass is 35.5. The number of halogens is 2. The van der Waals surface area contributed by atoms with Gasteiger partial charge in [-0.15, -0.1) is 0 Å². The smallest absolute Gasteiger partial charge is 0.344 e. The molecule has 184 valence electrons. The van der Waals surface area contributed by atoms with Crippen LogP contribution >= 0.6 is 47.2 Å². The molecule has 0 bridgehead atoms. The van der Waals surface area contributed by atoms with Crippen molar-refractivity contribution >= 4 is 75.4 Å². The Balaban J connectivity index is 1.81. The Hall–Kier alpha value is -2.79. The zero-order valence-corrected chi connectivity index (χ0v) is 21.7. The van der Waals surface area contributed by atoms with E-state index in [1.807, 2.05) is 0 Å². The summed E-state index contributed by atoms with van der Waals surface area (Å²) in [6.07, 6.45) is 0.841. The number of carbonyl (C=O) groups excluding carboxylic acids is 2. The van der Waals surface area contributed by atoms with Crippen LogP contribution in [0.5, 0.6) is 11.5 Å². The number of aliphatic carboxylic acids is 1. The van der Waals surface area contributed by atoms with Gasteiger partial charge in [-0.25, -0.2) is 4.79 Å². The van der Waals surface area contributed by atoms with Crippen molar-refractivity contribution in [3.8, 4) is 11.5 Å². The molecule has 2 aromatic rings. The van der Waals surface area contributed by atoms with E-state index in [0.717, 1.165) is 16.8 Å². The number of rotatable bonds is 9. The number of thiocarbonyl (C=S) groups is 1. The number of hydrogen-bond donors (Lipinski definition) is 2. The zero-order valence-electron chi connectivity index (χ0n) is 18.5. The Kier molecular flexibility index (Phi) is 9.01. The van der Waals surface area contributed by atoms with Gasteiger partial charge in [0, 0.05) is 5.02 Å². The summed E-state index contributed by atoms with van der Waals surface area (Å²) in [5.74, 6) is -1.61. The largest absolute Gasteiger partial charge is 0.490 e. The molecule has 1 unspecified atom stereocenters. The summed E-state index contributed by atoms with van der Waals surface area (Å²) in [7, 11) is 0. The van der Waals surface area contributed by atoms with Crippen LogP contribution in [-0.4, -0.2) is 44.9 Å². The van der Waals surface area contributed by atoms with Gasteiger partial charge in [-0.05, 0) is 67.5 Å². The van der Waals surface area contributed by atoms with Crippen LogP contribution in [-0.2, 0) is 9.59 Å². The van der Waals surface area contributed by atoms with Crippen LogP contribution in [0.3, 0.4) is 0 Å². The number of carboxylic acids is 1. The fraction of sp³-hybridized carbons (Fsp3) is 0.217. The highest BCUT2D eigenvalue weighted by Crippen LogP contribution is 2.35. The van der Waals surface area contributed by atoms with E-state index in [1.54, 1.807) is 38.1 Å². The molecule has 1 atom stereocenters. The van der Waals surface area contributed by atoms with Gasteiger partial charge in [-0.3, -0.25) is 15.0 Å². The molecule has 0 saturated carbocycles. The molecule has 2 aromatic carbocycles. The first-order valence-electron chi connectivity index (χ1n) is 10.3. The van der Waals surface area contributed by atoms with Crippen molar-refractivity contribution in [2.45, 2.75) is 26.4 Å². The molecular formula is C23H20Cl2N2O6S2. The van der Waals surface area contributed by atoms with Gasteiger partial charge >= 0.3 is 5.97 Å². The quantitative estimate of drug-likeness (QED) is 0.322. The lowest BCUT2D eigenvalue weighted by molar-refractivity contribution is -0.145. The lowest BCUT2D eigenvalue weighted by atomic mass is 10.1. The Bertz CT molecular complexity index is 1220. The number of hydrazine groups is 1. The summed E-state index contributed by atoms with van der Waals surface area (Å²) >= 11 is 18.2. The summed E-state index contributed by atoms with van der Waals surface area (Å²) < 4.78 is 11.3. The molecule has 3 rings (SSSR count). The Morgan fingerprint density at radius 2 is 1.94 bits per heavy atom. The lowest BCUT2D eigenvalue weighted by Gasteiger charge is -2.17. The Morgan fingerprint density at radius 1 is 1.20 bits per heavy atom. The van der Waals surface area contributed by atoms with E-state index in [2.05, 4.69) is 5.43 Å². The highest BCUT2D eigenvalue weighted by Gasteiger charge is 2.34. The molecule has 12 heteroatoms. The summed E-state index contributed by atoms with van der Waals surface area (Å²) in [5, 5.41) is 10.7. The Labute approximate surface area is 221 Å². The molecule has 1 saturated heterocycles. The van der Waals surface area contributed by atoms with E-state index >= 15 is 0 Å². The maximum Gasteiger partial charge on any atom is 0.344 e. The molecule has 0 spiro atoms. The van der Waals surface area contributed by atoms with E-state index in [0.29, 0.717) is 22.9 Å². The average molecular weight is 555 g/mol. The summed E-state index contributed by atoms with van der Waals surface area (Å²) in [6.45, 7) is 3.81. The van der Waals surface area contributed by atoms with Gasteiger partial charge in [0.1, 0.15) is 0 Å². The van der Waals surface area contributed by atoms with Gasteiger partial charge in [0.05, 0.1) is 22.1 Å². The van der Waals surface area contributed by atoms with Crippen molar-refractivity contribution in [2.75, 3.05) is 6.61 Å². The van der Waals surface area contributed by atoms with E-state index < -0.39 is 23.9 Å². The number of thioether (sulfide) groups is 1. The molecule has 1 aliphatic rings. The summed E-state index contributed by atoms with van der Waals surface area (Å²) in [5.41, 5.74) is 3.20. The molecule has 8 nitrogen and oxygen atoms in total. The van der Waals surface area contributed by atoms with Crippen LogP contribution < -0.4 is 14.9 Å². The number of nitrogens with one attached hydrogen (secondary N) is 1. The third-order valence-corrected chi connectivity index (χ3v) is 6.51. The maximum atomic E-state index is 12.9. The minimum absolute atomic E-state index is 0.134. The molecule has 0 aromatic heterocycles. The van der Waals surface area contributed by atoms with Gasteiger partial charge in [-0.1, -0.05) is 48.0 Å². The fourth-order valence-electron chi connectivity index (χ4n) is 2.99. The van der Waals surface area contributed by atoms with Gasteiger partial charge in [0.2, 0.25) is 0 Å². The number of ether oxygens (including phenoxy) is 2. The molecule has 0 radical (unpaired) electrons.